The average molecular weight is 485 g/mol. The van der Waals surface area contributed by atoms with Crippen LogP contribution in [-0.4, -0.2) is 61.8 Å². The molecular weight excluding hydrogens is 463 g/mol. The number of amides is 1. The molecule has 0 bridgehead atoms. The van der Waals surface area contributed by atoms with E-state index in [1.54, 1.807) is 22.7 Å². The van der Waals surface area contributed by atoms with Crippen molar-refractivity contribution in [2.24, 2.45) is 0 Å². The molecule has 0 atom stereocenters. The molecule has 1 fully saturated rings. The summed E-state index contributed by atoms with van der Waals surface area (Å²) in [4.78, 5) is 21.5. The molecular formula is C22H22Cl2N8O. The number of benzene rings is 1. The Morgan fingerprint density at radius 3 is 2.58 bits per heavy atom. The lowest BCUT2D eigenvalue weighted by Gasteiger charge is -2.35. The number of anilines is 3. The number of fused-ring (bicyclic) bond motifs is 1. The minimum atomic E-state index is 0.00249. The molecule has 1 amide bonds. The van der Waals surface area contributed by atoms with Crippen LogP contribution in [0.25, 0.3) is 5.52 Å². The van der Waals surface area contributed by atoms with Gasteiger partial charge in [0, 0.05) is 54.2 Å². The number of aryl methyl sites for hydroxylation is 1. The van der Waals surface area contributed by atoms with Crippen molar-refractivity contribution in [2.45, 2.75) is 13.3 Å². The number of hydrogen-bond donors (Lipinski definition) is 2. The molecule has 11 heteroatoms. The van der Waals surface area contributed by atoms with E-state index in [1.165, 1.54) is 0 Å². The molecule has 33 heavy (non-hydrogen) atoms. The van der Waals surface area contributed by atoms with Gasteiger partial charge in [0.15, 0.2) is 11.6 Å². The first kappa shape index (κ1) is 21.5. The summed E-state index contributed by atoms with van der Waals surface area (Å²) in [6.45, 7) is 4.31. The monoisotopic (exact) mass is 484 g/mol. The summed E-state index contributed by atoms with van der Waals surface area (Å²) in [6, 6.07) is 11.1. The minimum Gasteiger partial charge on any atom is -0.339 e. The van der Waals surface area contributed by atoms with Crippen LogP contribution in [0.1, 0.15) is 11.3 Å². The van der Waals surface area contributed by atoms with E-state index in [0.29, 0.717) is 59.4 Å². The summed E-state index contributed by atoms with van der Waals surface area (Å²) < 4.78 is 1.79. The molecule has 0 unspecified atom stereocenters. The van der Waals surface area contributed by atoms with Gasteiger partial charge in [-0.2, -0.15) is 10.1 Å². The normalized spacial score (nSPS) is 14.2. The zero-order chi connectivity index (χ0) is 22.9. The molecule has 3 aromatic heterocycles. The number of halogens is 2. The maximum atomic E-state index is 12.8. The third-order valence-electron chi connectivity index (χ3n) is 5.64. The van der Waals surface area contributed by atoms with Crippen LogP contribution in [0.2, 0.25) is 10.0 Å². The van der Waals surface area contributed by atoms with Crippen molar-refractivity contribution in [3.63, 3.8) is 0 Å². The number of nitrogens with zero attached hydrogens (tertiary/aromatic N) is 6. The fraction of sp³-hybridized carbons (Fsp3) is 0.273. The van der Waals surface area contributed by atoms with Crippen LogP contribution in [0.5, 0.6) is 0 Å². The summed E-state index contributed by atoms with van der Waals surface area (Å²) in [5.41, 5.74) is 2.47. The van der Waals surface area contributed by atoms with E-state index in [9.17, 15) is 4.79 Å². The Labute approximate surface area is 200 Å². The molecule has 1 aliphatic rings. The van der Waals surface area contributed by atoms with Gasteiger partial charge in [-0.3, -0.25) is 9.89 Å². The molecule has 9 nitrogen and oxygen atoms in total. The minimum absolute atomic E-state index is 0.00249. The largest absolute Gasteiger partial charge is 0.339 e. The predicted octanol–water partition coefficient (Wildman–Crippen LogP) is 3.70. The second kappa shape index (κ2) is 8.92. The van der Waals surface area contributed by atoms with Crippen molar-refractivity contribution in [2.75, 3.05) is 36.4 Å². The second-order valence-corrected chi connectivity index (χ2v) is 8.72. The molecule has 5 rings (SSSR count). The zero-order valence-corrected chi connectivity index (χ0v) is 19.4. The van der Waals surface area contributed by atoms with Gasteiger partial charge in [0.25, 0.3) is 0 Å². The molecule has 170 valence electrons. The molecule has 4 aromatic rings. The van der Waals surface area contributed by atoms with Gasteiger partial charge in [-0.15, -0.1) is 5.10 Å². The quantitative estimate of drug-likeness (QED) is 0.448. The topological polar surface area (TPSA) is 94.5 Å². The smallest absolute Gasteiger partial charge is 0.245 e. The van der Waals surface area contributed by atoms with Crippen molar-refractivity contribution < 1.29 is 4.79 Å². The van der Waals surface area contributed by atoms with Crippen LogP contribution >= 0.6 is 23.2 Å². The third kappa shape index (κ3) is 4.46. The number of carbonyl (C=O) groups excluding carboxylic acids is 1. The van der Waals surface area contributed by atoms with Gasteiger partial charge in [-0.1, -0.05) is 29.3 Å². The zero-order valence-electron chi connectivity index (χ0n) is 17.9. The Balaban J connectivity index is 1.30. The molecule has 4 heterocycles. The first-order valence-corrected chi connectivity index (χ1v) is 11.3. The first-order valence-electron chi connectivity index (χ1n) is 10.6. The highest BCUT2D eigenvalue weighted by Crippen LogP contribution is 2.26. The van der Waals surface area contributed by atoms with Gasteiger partial charge >= 0.3 is 0 Å². The Morgan fingerprint density at radius 2 is 1.88 bits per heavy atom. The standard InChI is InChI=1S/C22H22Cl2N8O/c1-14-12-19(28-27-14)25-21-18-6-3-7-32(18)29-22(26-21)31-10-8-30(9-11-31)20(33)13-15-16(23)4-2-5-17(15)24/h2-7,12H,8-11,13H2,1H3,(H2,25,26,27,28,29). The van der Waals surface area contributed by atoms with Crippen LogP contribution in [0.15, 0.2) is 42.6 Å². The SMILES string of the molecule is Cc1cc(Nc2nc(N3CCN(C(=O)Cc4c(Cl)cccc4Cl)CC3)nn3cccc23)n[nH]1. The van der Waals surface area contributed by atoms with E-state index < -0.39 is 0 Å². The maximum Gasteiger partial charge on any atom is 0.245 e. The molecule has 0 radical (unpaired) electrons. The van der Waals surface area contributed by atoms with Crippen molar-refractivity contribution in [1.29, 1.82) is 0 Å². The van der Waals surface area contributed by atoms with Gasteiger partial charge in [-0.05, 0) is 36.8 Å². The lowest BCUT2D eigenvalue weighted by atomic mass is 10.1. The Hall–Kier alpha value is -3.30. The predicted molar refractivity (Wildman–Crippen MR) is 129 cm³/mol. The molecule has 1 aliphatic heterocycles. The third-order valence-corrected chi connectivity index (χ3v) is 6.35. The van der Waals surface area contributed by atoms with Crippen LogP contribution in [0, 0.1) is 6.92 Å². The number of H-pyrrole nitrogens is 1. The van der Waals surface area contributed by atoms with Crippen LogP contribution in [0.4, 0.5) is 17.6 Å². The second-order valence-electron chi connectivity index (χ2n) is 7.90. The molecule has 1 saturated heterocycles. The van der Waals surface area contributed by atoms with Crippen molar-refractivity contribution >= 4 is 52.2 Å². The fourth-order valence-electron chi connectivity index (χ4n) is 3.87. The Bertz CT molecular complexity index is 1290. The van der Waals surface area contributed by atoms with Crippen molar-refractivity contribution in [3.8, 4) is 0 Å². The number of carbonyl (C=O) groups is 1. The van der Waals surface area contributed by atoms with Gasteiger partial charge in [0.1, 0.15) is 5.52 Å². The highest BCUT2D eigenvalue weighted by atomic mass is 35.5. The molecule has 0 aliphatic carbocycles. The molecule has 0 spiro atoms. The Kier molecular flexibility index (Phi) is 5.82. The van der Waals surface area contributed by atoms with Crippen LogP contribution in [-0.2, 0) is 11.2 Å². The van der Waals surface area contributed by atoms with E-state index in [1.807, 2.05) is 36.2 Å². The van der Waals surface area contributed by atoms with Gasteiger partial charge < -0.3 is 15.1 Å². The average Bonchev–Trinajstić information content (AvgIpc) is 3.45. The number of rotatable bonds is 5. The number of nitrogens with one attached hydrogen (secondary N) is 2. The number of piperazine rings is 1. The van der Waals surface area contributed by atoms with Gasteiger partial charge in [-0.25, -0.2) is 4.52 Å². The van der Waals surface area contributed by atoms with E-state index in [4.69, 9.17) is 28.2 Å². The molecule has 1 aromatic carbocycles. The van der Waals surface area contributed by atoms with E-state index in [0.717, 1.165) is 11.2 Å². The first-order chi connectivity index (χ1) is 16.0. The summed E-state index contributed by atoms with van der Waals surface area (Å²) in [6.07, 6.45) is 2.07. The van der Waals surface area contributed by atoms with Crippen LogP contribution < -0.4 is 10.2 Å². The van der Waals surface area contributed by atoms with Crippen molar-refractivity contribution in [1.82, 2.24) is 29.7 Å². The lowest BCUT2D eigenvalue weighted by Crippen LogP contribution is -2.49. The highest BCUT2D eigenvalue weighted by molar-refractivity contribution is 6.36. The summed E-state index contributed by atoms with van der Waals surface area (Å²) in [5.74, 6) is 1.95. The Morgan fingerprint density at radius 1 is 1.12 bits per heavy atom. The molecule has 2 N–H and O–H groups in total. The van der Waals surface area contributed by atoms with E-state index in [2.05, 4.69) is 25.5 Å². The van der Waals surface area contributed by atoms with Gasteiger partial charge in [0.05, 0.1) is 6.42 Å². The molecule has 0 saturated carbocycles. The van der Waals surface area contributed by atoms with E-state index in [-0.39, 0.29) is 12.3 Å². The fourth-order valence-corrected chi connectivity index (χ4v) is 4.40. The van der Waals surface area contributed by atoms with Crippen LogP contribution in [0.3, 0.4) is 0 Å². The highest BCUT2D eigenvalue weighted by Gasteiger charge is 2.25. The lowest BCUT2D eigenvalue weighted by molar-refractivity contribution is -0.130. The van der Waals surface area contributed by atoms with E-state index >= 15 is 0 Å². The summed E-state index contributed by atoms with van der Waals surface area (Å²) in [5, 5.41) is 16.1. The van der Waals surface area contributed by atoms with Crippen molar-refractivity contribution in [3.05, 3.63) is 63.9 Å². The van der Waals surface area contributed by atoms with Gasteiger partial charge in [0.2, 0.25) is 11.9 Å². The number of aromatic nitrogens is 5. The summed E-state index contributed by atoms with van der Waals surface area (Å²) in [7, 11) is 0. The number of hydrogen-bond acceptors (Lipinski definition) is 6. The maximum absolute atomic E-state index is 12.8. The number of aromatic amines is 1. The summed E-state index contributed by atoms with van der Waals surface area (Å²) >= 11 is 12.5.